The van der Waals surface area contributed by atoms with E-state index in [2.05, 4.69) is 4.90 Å². The fourth-order valence-electron chi connectivity index (χ4n) is 2.25. The molecule has 5 nitrogen and oxygen atoms in total. The van der Waals surface area contributed by atoms with Gasteiger partial charge in [0, 0.05) is 26.2 Å². The average molecular weight is 245 g/mol. The molecule has 2 heterocycles. The molecule has 0 aliphatic carbocycles. The highest BCUT2D eigenvalue weighted by Crippen LogP contribution is 2.13. The van der Waals surface area contributed by atoms with Crippen LogP contribution in [0.3, 0.4) is 0 Å². The Kier molecular flexibility index (Phi) is 5.67. The van der Waals surface area contributed by atoms with Crippen LogP contribution in [0.5, 0.6) is 0 Å². The zero-order chi connectivity index (χ0) is 11.9. The molecule has 2 atom stereocenters. The fraction of sp³-hybridized carbons (Fsp3) is 1.00. The van der Waals surface area contributed by atoms with Crippen molar-refractivity contribution in [2.24, 2.45) is 0 Å². The lowest BCUT2D eigenvalue weighted by molar-refractivity contribution is -0.166. The Labute approximate surface area is 103 Å². The number of ether oxygens (including phenoxy) is 3. The highest BCUT2D eigenvalue weighted by atomic mass is 16.7. The third kappa shape index (κ3) is 4.52. The maximum Gasteiger partial charge on any atom is 0.157 e. The summed E-state index contributed by atoms with van der Waals surface area (Å²) in [4.78, 5) is 2.27. The maximum atomic E-state index is 9.04. The molecule has 0 saturated carbocycles. The molecule has 2 fully saturated rings. The summed E-state index contributed by atoms with van der Waals surface area (Å²) < 4.78 is 16.6. The first-order valence-corrected chi connectivity index (χ1v) is 6.56. The lowest BCUT2D eigenvalue weighted by Crippen LogP contribution is -2.45. The van der Waals surface area contributed by atoms with Crippen molar-refractivity contribution < 1.29 is 19.3 Å². The molecular weight excluding hydrogens is 222 g/mol. The van der Waals surface area contributed by atoms with Gasteiger partial charge in [0.15, 0.2) is 6.29 Å². The quantitative estimate of drug-likeness (QED) is 0.751. The van der Waals surface area contributed by atoms with Gasteiger partial charge in [-0.2, -0.15) is 0 Å². The molecule has 0 bridgehead atoms. The van der Waals surface area contributed by atoms with E-state index in [1.54, 1.807) is 0 Å². The summed E-state index contributed by atoms with van der Waals surface area (Å²) in [6, 6.07) is 0. The van der Waals surface area contributed by atoms with E-state index < -0.39 is 0 Å². The molecule has 0 aromatic rings. The summed E-state index contributed by atoms with van der Waals surface area (Å²) in [5, 5.41) is 9.04. The maximum absolute atomic E-state index is 9.04. The zero-order valence-corrected chi connectivity index (χ0v) is 10.3. The normalized spacial score (nSPS) is 31.6. The highest BCUT2D eigenvalue weighted by Gasteiger charge is 2.20. The van der Waals surface area contributed by atoms with E-state index in [1.807, 2.05) is 0 Å². The van der Waals surface area contributed by atoms with Crippen molar-refractivity contribution in [1.29, 1.82) is 0 Å². The van der Waals surface area contributed by atoms with Gasteiger partial charge in [0.1, 0.15) is 0 Å². The molecule has 1 N–H and O–H groups in total. The van der Waals surface area contributed by atoms with Crippen LogP contribution in [0.2, 0.25) is 0 Å². The van der Waals surface area contributed by atoms with Gasteiger partial charge in [-0.15, -0.1) is 0 Å². The van der Waals surface area contributed by atoms with Crippen LogP contribution in [-0.2, 0) is 14.2 Å². The minimum atomic E-state index is -0.0327. The predicted molar refractivity (Wildman–Crippen MR) is 62.8 cm³/mol. The van der Waals surface area contributed by atoms with Gasteiger partial charge in [-0.1, -0.05) is 0 Å². The number of nitrogens with zero attached hydrogens (tertiary/aromatic N) is 1. The number of aliphatic hydroxyl groups is 1. The third-order valence-corrected chi connectivity index (χ3v) is 3.28. The summed E-state index contributed by atoms with van der Waals surface area (Å²) in [7, 11) is 0. The summed E-state index contributed by atoms with van der Waals surface area (Å²) >= 11 is 0. The van der Waals surface area contributed by atoms with E-state index in [9.17, 15) is 0 Å². The number of hydrogen-bond donors (Lipinski definition) is 1. The Hall–Kier alpha value is -0.200. The van der Waals surface area contributed by atoms with Gasteiger partial charge in [0.05, 0.1) is 25.9 Å². The molecule has 0 radical (unpaired) electrons. The third-order valence-electron chi connectivity index (χ3n) is 3.28. The minimum absolute atomic E-state index is 0.00145. The Morgan fingerprint density at radius 3 is 2.94 bits per heavy atom. The summed E-state index contributed by atoms with van der Waals surface area (Å²) in [5.41, 5.74) is 0. The van der Waals surface area contributed by atoms with Crippen LogP contribution in [0.1, 0.15) is 19.3 Å². The van der Waals surface area contributed by atoms with Crippen LogP contribution in [0.15, 0.2) is 0 Å². The van der Waals surface area contributed by atoms with Gasteiger partial charge in [-0.3, -0.25) is 4.90 Å². The van der Waals surface area contributed by atoms with Crippen molar-refractivity contribution in [3.63, 3.8) is 0 Å². The second-order valence-corrected chi connectivity index (χ2v) is 4.64. The Morgan fingerprint density at radius 1 is 1.24 bits per heavy atom. The molecule has 17 heavy (non-hydrogen) atoms. The van der Waals surface area contributed by atoms with Gasteiger partial charge >= 0.3 is 0 Å². The summed E-state index contributed by atoms with van der Waals surface area (Å²) in [6.07, 6.45) is 3.34. The predicted octanol–water partition coefficient (Wildman–Crippen LogP) is 0.223. The van der Waals surface area contributed by atoms with Crippen LogP contribution < -0.4 is 0 Å². The van der Waals surface area contributed by atoms with Crippen LogP contribution in [0, 0.1) is 0 Å². The van der Waals surface area contributed by atoms with Crippen LogP contribution in [0.4, 0.5) is 0 Å². The molecule has 2 aliphatic heterocycles. The van der Waals surface area contributed by atoms with Crippen molar-refractivity contribution >= 4 is 0 Å². The molecule has 0 aromatic heterocycles. The summed E-state index contributed by atoms with van der Waals surface area (Å²) in [6.45, 7) is 4.93. The molecule has 2 rings (SSSR count). The van der Waals surface area contributed by atoms with Crippen molar-refractivity contribution in [1.82, 2.24) is 4.90 Å². The molecule has 0 amide bonds. The number of hydrogen-bond acceptors (Lipinski definition) is 5. The van der Waals surface area contributed by atoms with E-state index in [-0.39, 0.29) is 19.0 Å². The van der Waals surface area contributed by atoms with Crippen LogP contribution in [-0.4, -0.2) is 68.5 Å². The van der Waals surface area contributed by atoms with E-state index in [0.29, 0.717) is 13.2 Å². The van der Waals surface area contributed by atoms with E-state index >= 15 is 0 Å². The largest absolute Gasteiger partial charge is 0.394 e. The van der Waals surface area contributed by atoms with Crippen molar-refractivity contribution in [3.8, 4) is 0 Å². The van der Waals surface area contributed by atoms with Crippen molar-refractivity contribution in [2.45, 2.75) is 31.7 Å². The topological polar surface area (TPSA) is 51.2 Å². The zero-order valence-electron chi connectivity index (χ0n) is 10.3. The first kappa shape index (κ1) is 13.2. The first-order valence-electron chi connectivity index (χ1n) is 6.56. The standard InChI is InChI=1S/C12H23NO4/c14-10-11-9-13(4-7-15-11)5-8-17-12-3-1-2-6-16-12/h11-12,14H,1-10H2. The average Bonchev–Trinajstić information content (AvgIpc) is 2.40. The monoisotopic (exact) mass is 245 g/mol. The molecule has 2 unspecified atom stereocenters. The van der Waals surface area contributed by atoms with Gasteiger partial charge < -0.3 is 19.3 Å². The van der Waals surface area contributed by atoms with E-state index in [1.165, 1.54) is 6.42 Å². The highest BCUT2D eigenvalue weighted by molar-refractivity contribution is 4.70. The van der Waals surface area contributed by atoms with Crippen LogP contribution >= 0.6 is 0 Å². The lowest BCUT2D eigenvalue weighted by Gasteiger charge is -2.32. The SMILES string of the molecule is OCC1CN(CCOC2CCCCO2)CCO1. The molecule has 100 valence electrons. The van der Waals surface area contributed by atoms with Gasteiger partial charge in [0.25, 0.3) is 0 Å². The molecular formula is C12H23NO4. The lowest BCUT2D eigenvalue weighted by atomic mass is 10.2. The minimum Gasteiger partial charge on any atom is -0.394 e. The molecule has 5 heteroatoms. The second kappa shape index (κ2) is 7.28. The first-order chi connectivity index (χ1) is 8.38. The molecule has 2 aliphatic rings. The van der Waals surface area contributed by atoms with Crippen molar-refractivity contribution in [2.75, 3.05) is 46.1 Å². The second-order valence-electron chi connectivity index (χ2n) is 4.64. The number of morpholine rings is 1. The molecule has 2 saturated heterocycles. The molecule has 0 spiro atoms. The van der Waals surface area contributed by atoms with E-state index in [0.717, 1.165) is 39.1 Å². The Balaban J connectivity index is 1.57. The van der Waals surface area contributed by atoms with E-state index in [4.69, 9.17) is 19.3 Å². The smallest absolute Gasteiger partial charge is 0.157 e. The van der Waals surface area contributed by atoms with Gasteiger partial charge in [-0.05, 0) is 19.3 Å². The Morgan fingerprint density at radius 2 is 2.18 bits per heavy atom. The summed E-state index contributed by atoms with van der Waals surface area (Å²) in [5.74, 6) is 0. The van der Waals surface area contributed by atoms with Gasteiger partial charge in [0.2, 0.25) is 0 Å². The number of rotatable bonds is 5. The number of aliphatic hydroxyl groups excluding tert-OH is 1. The fourth-order valence-corrected chi connectivity index (χ4v) is 2.25. The molecule has 0 aromatic carbocycles. The van der Waals surface area contributed by atoms with Crippen molar-refractivity contribution in [3.05, 3.63) is 0 Å². The van der Waals surface area contributed by atoms with Crippen LogP contribution in [0.25, 0.3) is 0 Å². The van der Waals surface area contributed by atoms with Gasteiger partial charge in [-0.25, -0.2) is 0 Å². The Bertz CT molecular complexity index is 209.